The van der Waals surface area contributed by atoms with Crippen LogP contribution in [-0.4, -0.2) is 32.1 Å². The molecular formula is C14H13Cl2NO4. The van der Waals surface area contributed by atoms with E-state index in [0.717, 1.165) is 0 Å². The fourth-order valence-corrected chi connectivity index (χ4v) is 2.46. The minimum Gasteiger partial charge on any atom is -0.469 e. The number of nitriles is 1. The second kappa shape index (κ2) is 7.41. The van der Waals surface area contributed by atoms with Crippen LogP contribution in [0.4, 0.5) is 0 Å². The van der Waals surface area contributed by atoms with Crippen molar-refractivity contribution in [3.8, 4) is 6.07 Å². The maximum Gasteiger partial charge on any atom is 0.309 e. The molecular weight excluding hydrogens is 317 g/mol. The third kappa shape index (κ3) is 3.73. The molecule has 0 aliphatic carbocycles. The Morgan fingerprint density at radius 3 is 2.57 bits per heavy atom. The number of ether oxygens (including phenoxy) is 2. The van der Waals surface area contributed by atoms with Gasteiger partial charge in [0.2, 0.25) is 0 Å². The molecule has 1 rings (SSSR count). The van der Waals surface area contributed by atoms with Gasteiger partial charge < -0.3 is 14.3 Å². The van der Waals surface area contributed by atoms with Crippen LogP contribution in [0, 0.1) is 11.3 Å². The molecule has 0 aliphatic heterocycles. The van der Waals surface area contributed by atoms with Crippen molar-refractivity contribution in [1.82, 2.24) is 0 Å². The minimum atomic E-state index is -1.70. The Hall–Kier alpha value is -1.61. The average Bonchev–Trinajstić information content (AvgIpc) is 2.48. The van der Waals surface area contributed by atoms with Gasteiger partial charge in [0.1, 0.15) is 6.29 Å². The Morgan fingerprint density at radius 2 is 2.14 bits per heavy atom. The second-order valence-corrected chi connectivity index (χ2v) is 5.08. The Bertz CT molecular complexity index is 585. The van der Waals surface area contributed by atoms with Gasteiger partial charge >= 0.3 is 5.97 Å². The highest BCUT2D eigenvalue weighted by Crippen LogP contribution is 2.37. The second-order valence-electron chi connectivity index (χ2n) is 4.24. The highest BCUT2D eigenvalue weighted by Gasteiger charge is 2.43. The van der Waals surface area contributed by atoms with Gasteiger partial charge in [0, 0.05) is 17.2 Å². The molecule has 1 aromatic carbocycles. The molecule has 0 saturated heterocycles. The molecule has 0 spiro atoms. The number of halogens is 2. The van der Waals surface area contributed by atoms with Crippen molar-refractivity contribution in [2.75, 3.05) is 14.2 Å². The highest BCUT2D eigenvalue weighted by molar-refractivity contribution is 6.35. The Kier molecular flexibility index (Phi) is 6.16. The van der Waals surface area contributed by atoms with E-state index in [2.05, 4.69) is 4.74 Å². The first-order valence-electron chi connectivity index (χ1n) is 5.87. The van der Waals surface area contributed by atoms with Crippen LogP contribution in [0.15, 0.2) is 18.2 Å². The van der Waals surface area contributed by atoms with Gasteiger partial charge in [-0.05, 0) is 17.7 Å². The first-order valence-corrected chi connectivity index (χ1v) is 6.63. The first-order chi connectivity index (χ1) is 9.93. The van der Waals surface area contributed by atoms with Gasteiger partial charge in [0.15, 0.2) is 5.60 Å². The Morgan fingerprint density at radius 1 is 1.48 bits per heavy atom. The van der Waals surface area contributed by atoms with Crippen LogP contribution in [0.5, 0.6) is 0 Å². The lowest BCUT2D eigenvalue weighted by Gasteiger charge is -2.30. The molecule has 112 valence electrons. The number of carbonyl (C=O) groups is 2. The normalized spacial score (nSPS) is 14.6. The summed E-state index contributed by atoms with van der Waals surface area (Å²) in [7, 11) is 2.43. The van der Waals surface area contributed by atoms with Crippen LogP contribution in [0.2, 0.25) is 10.0 Å². The molecule has 0 bridgehead atoms. The third-order valence-electron chi connectivity index (χ3n) is 3.12. The van der Waals surface area contributed by atoms with Gasteiger partial charge in [-0.15, -0.1) is 0 Å². The molecule has 7 heteroatoms. The zero-order chi connectivity index (χ0) is 16.0. The number of esters is 1. The van der Waals surface area contributed by atoms with Crippen molar-refractivity contribution in [3.05, 3.63) is 33.8 Å². The molecule has 0 aromatic heterocycles. The summed E-state index contributed by atoms with van der Waals surface area (Å²) in [4.78, 5) is 23.0. The minimum absolute atomic E-state index is 0.209. The molecule has 0 radical (unpaired) electrons. The summed E-state index contributed by atoms with van der Waals surface area (Å²) in [6, 6.07) is 6.38. The largest absolute Gasteiger partial charge is 0.469 e. The number of nitrogens with zero attached hydrogens (tertiary/aromatic N) is 1. The van der Waals surface area contributed by atoms with E-state index in [4.69, 9.17) is 27.9 Å². The van der Waals surface area contributed by atoms with E-state index in [1.807, 2.05) is 6.07 Å². The predicted molar refractivity (Wildman–Crippen MR) is 77.3 cm³/mol. The number of carbonyl (C=O) groups excluding carboxylic acids is 2. The van der Waals surface area contributed by atoms with Crippen LogP contribution in [0.3, 0.4) is 0 Å². The van der Waals surface area contributed by atoms with Crippen LogP contribution < -0.4 is 0 Å². The van der Waals surface area contributed by atoms with Crippen LogP contribution >= 0.6 is 23.2 Å². The van der Waals surface area contributed by atoms with E-state index in [1.54, 1.807) is 0 Å². The van der Waals surface area contributed by atoms with Crippen LogP contribution in [-0.2, 0) is 19.1 Å². The summed E-state index contributed by atoms with van der Waals surface area (Å²) in [5, 5.41) is 10.0. The molecule has 5 nitrogen and oxygen atoms in total. The molecule has 2 unspecified atom stereocenters. The average molecular weight is 330 g/mol. The standard InChI is InChI=1S/C14H13Cl2NO4/c1-20-13(19)6-14(8-17,21-2)11(7-18)10-4-3-9(15)5-12(10)16/h3-5,7,11H,6H2,1-2H3. The van der Waals surface area contributed by atoms with E-state index in [-0.39, 0.29) is 5.02 Å². The van der Waals surface area contributed by atoms with Crippen LogP contribution in [0.25, 0.3) is 0 Å². The van der Waals surface area contributed by atoms with Gasteiger partial charge in [-0.3, -0.25) is 4.79 Å². The number of benzene rings is 1. The maximum atomic E-state index is 11.5. The lowest BCUT2D eigenvalue weighted by molar-refractivity contribution is -0.146. The van der Waals surface area contributed by atoms with Gasteiger partial charge in [0.05, 0.1) is 25.5 Å². The summed E-state index contributed by atoms with van der Waals surface area (Å²) >= 11 is 11.9. The summed E-state index contributed by atoms with van der Waals surface area (Å²) in [6.45, 7) is 0. The van der Waals surface area contributed by atoms with Crippen molar-refractivity contribution in [3.63, 3.8) is 0 Å². The van der Waals surface area contributed by atoms with E-state index < -0.39 is 23.9 Å². The zero-order valence-electron chi connectivity index (χ0n) is 11.4. The fourth-order valence-electron chi connectivity index (χ4n) is 1.94. The lowest BCUT2D eigenvalue weighted by atomic mass is 9.81. The predicted octanol–water partition coefficient (Wildman–Crippen LogP) is 2.75. The smallest absolute Gasteiger partial charge is 0.309 e. The summed E-state index contributed by atoms with van der Waals surface area (Å²) in [6.07, 6.45) is 0.115. The highest BCUT2D eigenvalue weighted by atomic mass is 35.5. The lowest BCUT2D eigenvalue weighted by Crippen LogP contribution is -2.40. The van der Waals surface area contributed by atoms with Gasteiger partial charge in [-0.2, -0.15) is 5.26 Å². The van der Waals surface area contributed by atoms with E-state index in [0.29, 0.717) is 16.9 Å². The van der Waals surface area contributed by atoms with Crippen LogP contribution in [0.1, 0.15) is 17.9 Å². The first kappa shape index (κ1) is 17.4. The van der Waals surface area contributed by atoms with Crippen molar-refractivity contribution in [2.24, 2.45) is 0 Å². The van der Waals surface area contributed by atoms with Gasteiger partial charge in [-0.25, -0.2) is 0 Å². The Labute approximate surface area is 132 Å². The van der Waals surface area contributed by atoms with E-state index >= 15 is 0 Å². The molecule has 1 aromatic rings. The van der Waals surface area contributed by atoms with Gasteiger partial charge in [0.25, 0.3) is 0 Å². The molecule has 21 heavy (non-hydrogen) atoms. The molecule has 0 fully saturated rings. The summed E-state index contributed by atoms with van der Waals surface area (Å²) in [5.41, 5.74) is -1.35. The van der Waals surface area contributed by atoms with Gasteiger partial charge in [-0.1, -0.05) is 29.3 Å². The molecule has 0 heterocycles. The number of hydrogen-bond donors (Lipinski definition) is 0. The van der Waals surface area contributed by atoms with Crippen molar-refractivity contribution < 1.29 is 19.1 Å². The SMILES string of the molecule is COC(=O)CC(C#N)(OC)C(C=O)c1ccc(Cl)cc1Cl. The summed E-state index contributed by atoms with van der Waals surface area (Å²) in [5.74, 6) is -1.73. The topological polar surface area (TPSA) is 76.4 Å². The fraction of sp³-hybridized carbons (Fsp3) is 0.357. The van der Waals surface area contributed by atoms with E-state index in [1.165, 1.54) is 32.4 Å². The molecule has 0 saturated carbocycles. The molecule has 0 N–H and O–H groups in total. The van der Waals surface area contributed by atoms with Crippen molar-refractivity contribution >= 4 is 35.5 Å². The monoisotopic (exact) mass is 329 g/mol. The van der Waals surface area contributed by atoms with Crippen molar-refractivity contribution in [2.45, 2.75) is 17.9 Å². The quantitative estimate of drug-likeness (QED) is 0.592. The molecule has 0 amide bonds. The maximum absolute atomic E-state index is 11.5. The zero-order valence-corrected chi connectivity index (χ0v) is 12.9. The number of rotatable bonds is 6. The van der Waals surface area contributed by atoms with E-state index in [9.17, 15) is 14.9 Å². The number of methoxy groups -OCH3 is 2. The number of hydrogen-bond acceptors (Lipinski definition) is 5. The molecule has 2 atom stereocenters. The number of aldehydes is 1. The Balaban J connectivity index is 3.34. The third-order valence-corrected chi connectivity index (χ3v) is 3.69. The summed E-state index contributed by atoms with van der Waals surface area (Å²) < 4.78 is 9.72. The molecule has 0 aliphatic rings. The van der Waals surface area contributed by atoms with Crippen molar-refractivity contribution in [1.29, 1.82) is 5.26 Å².